The summed E-state index contributed by atoms with van der Waals surface area (Å²) in [6, 6.07) is 1.34. The van der Waals surface area contributed by atoms with Crippen molar-refractivity contribution in [2.45, 2.75) is 30.2 Å². The number of nitrogens with one attached hydrogen (secondary N) is 1. The number of nitrogens with zero attached hydrogens (tertiary/aromatic N) is 2. The zero-order valence-corrected chi connectivity index (χ0v) is 13.4. The highest BCUT2D eigenvalue weighted by molar-refractivity contribution is 7.89. The maximum absolute atomic E-state index is 12.6. The summed E-state index contributed by atoms with van der Waals surface area (Å²) in [6.45, 7) is 3.01. The van der Waals surface area contributed by atoms with Crippen LogP contribution in [0.1, 0.15) is 30.3 Å². The van der Waals surface area contributed by atoms with Gasteiger partial charge in [0.15, 0.2) is 0 Å². The Labute approximate surface area is 125 Å². The fourth-order valence-electron chi connectivity index (χ4n) is 2.54. The molecule has 0 spiro atoms. The lowest BCUT2D eigenvalue weighted by Crippen LogP contribution is -2.51. The molecule has 1 fully saturated rings. The number of hydrogen-bond donors (Lipinski definition) is 2. The molecule has 3 N–H and O–H groups in total. The highest BCUT2D eigenvalue weighted by Crippen LogP contribution is 2.26. The lowest BCUT2D eigenvalue weighted by molar-refractivity contribution is 0.0992. The Balaban J connectivity index is 2.24. The number of sulfonamides is 1. The van der Waals surface area contributed by atoms with Crippen LogP contribution in [0.3, 0.4) is 0 Å². The summed E-state index contributed by atoms with van der Waals surface area (Å²) in [5.41, 5.74) is 5.39. The molecule has 1 aromatic rings. The first kappa shape index (κ1) is 16.0. The molecule has 21 heavy (non-hydrogen) atoms. The normalized spacial score (nSPS) is 19.6. The predicted molar refractivity (Wildman–Crippen MR) is 79.4 cm³/mol. The fourth-order valence-corrected chi connectivity index (χ4v) is 4.05. The van der Waals surface area contributed by atoms with Gasteiger partial charge in [-0.25, -0.2) is 8.42 Å². The van der Waals surface area contributed by atoms with Crippen LogP contribution >= 0.6 is 0 Å². The minimum absolute atomic E-state index is 0.0267. The van der Waals surface area contributed by atoms with Crippen molar-refractivity contribution in [3.8, 4) is 0 Å². The van der Waals surface area contributed by atoms with E-state index in [4.69, 9.17) is 5.73 Å². The molecular weight excluding hydrogens is 292 g/mol. The van der Waals surface area contributed by atoms with Gasteiger partial charge in [-0.05, 0) is 32.9 Å². The van der Waals surface area contributed by atoms with Crippen LogP contribution in [0.4, 0.5) is 0 Å². The molecular formula is C13H22N4O3S. The zero-order chi connectivity index (χ0) is 15.8. The third kappa shape index (κ3) is 2.97. The summed E-state index contributed by atoms with van der Waals surface area (Å²) in [4.78, 5) is 11.4. The summed E-state index contributed by atoms with van der Waals surface area (Å²) in [6.07, 6.45) is 2.93. The molecule has 8 heteroatoms. The standard InChI is InChI=1S/C13H22N4O3S/c1-13(15-2)4-6-17(7-5-13)21(19,20)10-8-11(12(14)18)16(3)9-10/h8-9,15H,4-7H2,1-3H3,(H2,14,18). The summed E-state index contributed by atoms with van der Waals surface area (Å²) in [5, 5.41) is 3.23. The average molecular weight is 314 g/mol. The van der Waals surface area contributed by atoms with Gasteiger partial charge in [0.1, 0.15) is 10.6 Å². The molecule has 0 radical (unpaired) electrons. The zero-order valence-electron chi connectivity index (χ0n) is 12.6. The number of carbonyl (C=O) groups excluding carboxylic acids is 1. The van der Waals surface area contributed by atoms with Crippen molar-refractivity contribution in [3.63, 3.8) is 0 Å². The van der Waals surface area contributed by atoms with E-state index < -0.39 is 15.9 Å². The van der Waals surface area contributed by atoms with Crippen molar-refractivity contribution < 1.29 is 13.2 Å². The molecule has 1 saturated heterocycles. The summed E-state index contributed by atoms with van der Waals surface area (Å²) in [5.74, 6) is -0.639. The first-order chi connectivity index (χ1) is 9.69. The van der Waals surface area contributed by atoms with E-state index in [1.54, 1.807) is 7.05 Å². The molecule has 1 aliphatic heterocycles. The number of primary amides is 1. The Morgan fingerprint density at radius 3 is 2.38 bits per heavy atom. The minimum Gasteiger partial charge on any atom is -0.364 e. The predicted octanol–water partition coefficient (Wildman–Crippen LogP) is -0.113. The molecule has 1 aliphatic rings. The molecule has 0 atom stereocenters. The Morgan fingerprint density at radius 2 is 1.95 bits per heavy atom. The van der Waals surface area contributed by atoms with Gasteiger partial charge in [-0.1, -0.05) is 0 Å². The highest BCUT2D eigenvalue weighted by atomic mass is 32.2. The van der Waals surface area contributed by atoms with E-state index in [1.165, 1.54) is 21.1 Å². The molecule has 0 aliphatic carbocycles. The number of nitrogens with two attached hydrogens (primary N) is 1. The maximum Gasteiger partial charge on any atom is 0.265 e. The van der Waals surface area contributed by atoms with Crippen molar-refractivity contribution in [2.75, 3.05) is 20.1 Å². The summed E-state index contributed by atoms with van der Waals surface area (Å²) >= 11 is 0. The first-order valence-corrected chi connectivity index (χ1v) is 8.29. The van der Waals surface area contributed by atoms with E-state index in [0.717, 1.165) is 12.8 Å². The van der Waals surface area contributed by atoms with Gasteiger partial charge < -0.3 is 15.6 Å². The Hall–Kier alpha value is -1.38. The first-order valence-electron chi connectivity index (χ1n) is 6.85. The van der Waals surface area contributed by atoms with Crippen LogP contribution in [0.25, 0.3) is 0 Å². The number of carbonyl (C=O) groups is 1. The molecule has 2 rings (SSSR count). The minimum atomic E-state index is -3.58. The number of hydrogen-bond acceptors (Lipinski definition) is 4. The molecule has 0 bridgehead atoms. The Kier molecular flexibility index (Phi) is 4.14. The van der Waals surface area contributed by atoms with Crippen LogP contribution in [0, 0.1) is 0 Å². The monoisotopic (exact) mass is 314 g/mol. The molecule has 1 amide bonds. The van der Waals surface area contributed by atoms with Crippen LogP contribution in [0.2, 0.25) is 0 Å². The summed E-state index contributed by atoms with van der Waals surface area (Å²) in [7, 11) is -0.0848. The van der Waals surface area contributed by atoms with Gasteiger partial charge in [0.05, 0.1) is 0 Å². The third-order valence-corrected chi connectivity index (χ3v) is 6.16. The molecule has 118 valence electrons. The van der Waals surface area contributed by atoms with Crippen molar-refractivity contribution >= 4 is 15.9 Å². The van der Waals surface area contributed by atoms with E-state index in [1.807, 2.05) is 7.05 Å². The second kappa shape index (κ2) is 5.43. The third-order valence-electron chi connectivity index (χ3n) is 4.30. The molecule has 0 saturated carbocycles. The smallest absolute Gasteiger partial charge is 0.265 e. The van der Waals surface area contributed by atoms with Crippen molar-refractivity contribution in [1.82, 2.24) is 14.2 Å². The molecule has 2 heterocycles. The van der Waals surface area contributed by atoms with E-state index in [0.29, 0.717) is 13.1 Å². The van der Waals surface area contributed by atoms with Gasteiger partial charge in [0, 0.05) is 31.9 Å². The van der Waals surface area contributed by atoms with E-state index in [-0.39, 0.29) is 16.1 Å². The van der Waals surface area contributed by atoms with Gasteiger partial charge >= 0.3 is 0 Å². The van der Waals surface area contributed by atoms with Gasteiger partial charge in [-0.2, -0.15) is 4.31 Å². The largest absolute Gasteiger partial charge is 0.364 e. The molecule has 7 nitrogen and oxygen atoms in total. The van der Waals surface area contributed by atoms with Crippen molar-refractivity contribution in [1.29, 1.82) is 0 Å². The lowest BCUT2D eigenvalue weighted by Gasteiger charge is -2.38. The van der Waals surface area contributed by atoms with E-state index in [2.05, 4.69) is 12.2 Å². The number of amides is 1. The molecule has 1 aromatic heterocycles. The number of aryl methyl sites for hydroxylation is 1. The number of aromatic nitrogens is 1. The van der Waals surface area contributed by atoms with Crippen molar-refractivity contribution in [3.05, 3.63) is 18.0 Å². The fraction of sp³-hybridized carbons (Fsp3) is 0.615. The van der Waals surface area contributed by atoms with E-state index >= 15 is 0 Å². The van der Waals surface area contributed by atoms with Crippen molar-refractivity contribution in [2.24, 2.45) is 12.8 Å². The van der Waals surface area contributed by atoms with E-state index in [9.17, 15) is 13.2 Å². The Bertz CT molecular complexity index is 642. The quantitative estimate of drug-likeness (QED) is 0.810. The highest BCUT2D eigenvalue weighted by Gasteiger charge is 2.35. The lowest BCUT2D eigenvalue weighted by atomic mass is 9.91. The van der Waals surface area contributed by atoms with Crippen LogP contribution in [-0.4, -0.2) is 48.9 Å². The average Bonchev–Trinajstić information content (AvgIpc) is 2.82. The molecule has 0 unspecified atom stereocenters. The van der Waals surface area contributed by atoms with Gasteiger partial charge in [-0.3, -0.25) is 4.79 Å². The van der Waals surface area contributed by atoms with Gasteiger partial charge in [-0.15, -0.1) is 0 Å². The van der Waals surface area contributed by atoms with Gasteiger partial charge in [0.2, 0.25) is 10.0 Å². The second-order valence-corrected chi connectivity index (χ2v) is 7.69. The summed E-state index contributed by atoms with van der Waals surface area (Å²) < 4.78 is 28.1. The van der Waals surface area contributed by atoms with Crippen LogP contribution in [0.15, 0.2) is 17.2 Å². The van der Waals surface area contributed by atoms with Gasteiger partial charge in [0.25, 0.3) is 5.91 Å². The number of piperidine rings is 1. The SMILES string of the molecule is CNC1(C)CCN(S(=O)(=O)c2cc(C(N)=O)n(C)c2)CC1. The van der Waals surface area contributed by atoms with Crippen LogP contribution in [0.5, 0.6) is 0 Å². The maximum atomic E-state index is 12.6. The van der Waals surface area contributed by atoms with Crippen LogP contribution in [-0.2, 0) is 17.1 Å². The second-order valence-electron chi connectivity index (χ2n) is 5.75. The Morgan fingerprint density at radius 1 is 1.38 bits per heavy atom. The van der Waals surface area contributed by atoms with Crippen LogP contribution < -0.4 is 11.1 Å². The number of rotatable bonds is 4. The molecule has 0 aromatic carbocycles. The topological polar surface area (TPSA) is 97.4 Å².